The third-order valence-corrected chi connectivity index (χ3v) is 3.45. The maximum absolute atomic E-state index is 11.6. The Morgan fingerprint density at radius 1 is 1.53 bits per heavy atom. The van der Waals surface area contributed by atoms with Crippen LogP contribution in [0, 0.1) is 0 Å². The summed E-state index contributed by atoms with van der Waals surface area (Å²) in [6, 6.07) is 3.98. The number of imide groups is 1. The van der Waals surface area contributed by atoms with Crippen molar-refractivity contribution in [2.24, 2.45) is 0 Å². The van der Waals surface area contributed by atoms with Gasteiger partial charge in [-0.15, -0.1) is 0 Å². The minimum atomic E-state index is -0.452. The van der Waals surface area contributed by atoms with Crippen LogP contribution in [0.3, 0.4) is 0 Å². The molecule has 3 N–H and O–H groups in total. The predicted octanol–water partition coefficient (Wildman–Crippen LogP) is 0.997. The van der Waals surface area contributed by atoms with Gasteiger partial charge in [0.2, 0.25) is 5.91 Å². The van der Waals surface area contributed by atoms with E-state index < -0.39 is 6.03 Å². The van der Waals surface area contributed by atoms with Crippen LogP contribution in [0.1, 0.15) is 31.0 Å². The molecule has 0 unspecified atom stereocenters. The number of carbonyl (C=O) groups is 2. The molecule has 0 aromatic carbocycles. The lowest BCUT2D eigenvalue weighted by molar-refractivity contribution is -0.120. The number of H-pyrrole nitrogens is 1. The van der Waals surface area contributed by atoms with Crippen LogP contribution in [0.25, 0.3) is 0 Å². The van der Waals surface area contributed by atoms with E-state index in [2.05, 4.69) is 26.6 Å². The van der Waals surface area contributed by atoms with Gasteiger partial charge in [0.15, 0.2) is 0 Å². The van der Waals surface area contributed by atoms with Gasteiger partial charge in [-0.25, -0.2) is 4.79 Å². The second-order valence-corrected chi connectivity index (χ2v) is 4.70. The Hall–Kier alpha value is -1.82. The number of hydrogen-bond donors (Lipinski definition) is 3. The summed E-state index contributed by atoms with van der Waals surface area (Å²) in [6.45, 7) is 1.67. The molecule has 1 aromatic heterocycles. The van der Waals surface area contributed by atoms with Gasteiger partial charge < -0.3 is 10.3 Å². The Labute approximate surface area is 112 Å². The number of amides is 3. The zero-order chi connectivity index (χ0) is 13.7. The highest BCUT2D eigenvalue weighted by Crippen LogP contribution is 2.30. The van der Waals surface area contributed by atoms with Crippen molar-refractivity contribution in [2.45, 2.75) is 25.3 Å². The van der Waals surface area contributed by atoms with E-state index in [0.717, 1.165) is 19.4 Å². The minimum Gasteiger partial charge on any atom is -0.364 e. The van der Waals surface area contributed by atoms with Gasteiger partial charge in [0.05, 0.1) is 0 Å². The average Bonchev–Trinajstić information content (AvgIpc) is 3.06. The van der Waals surface area contributed by atoms with Gasteiger partial charge in [-0.05, 0) is 31.5 Å². The molecule has 6 nitrogen and oxygen atoms in total. The van der Waals surface area contributed by atoms with Crippen molar-refractivity contribution in [1.29, 1.82) is 0 Å². The molecule has 0 spiro atoms. The highest BCUT2D eigenvalue weighted by molar-refractivity contribution is 5.94. The van der Waals surface area contributed by atoms with Gasteiger partial charge in [0.1, 0.15) is 0 Å². The van der Waals surface area contributed by atoms with Gasteiger partial charge in [-0.2, -0.15) is 0 Å². The van der Waals surface area contributed by atoms with E-state index in [1.54, 1.807) is 0 Å². The second-order valence-electron chi connectivity index (χ2n) is 4.70. The molecule has 1 fully saturated rings. The maximum Gasteiger partial charge on any atom is 0.321 e. The van der Waals surface area contributed by atoms with Gasteiger partial charge >= 0.3 is 6.03 Å². The molecule has 0 radical (unpaired) electrons. The lowest BCUT2D eigenvalue weighted by Gasteiger charge is -2.23. The predicted molar refractivity (Wildman–Crippen MR) is 71.6 cm³/mol. The summed E-state index contributed by atoms with van der Waals surface area (Å²) < 4.78 is 0. The Morgan fingerprint density at radius 2 is 2.37 bits per heavy atom. The molecular weight excluding hydrogens is 244 g/mol. The second kappa shape index (κ2) is 6.38. The van der Waals surface area contributed by atoms with Crippen molar-refractivity contribution in [3.63, 3.8) is 0 Å². The van der Waals surface area contributed by atoms with Crippen molar-refractivity contribution in [3.05, 3.63) is 24.0 Å². The number of rotatable bonds is 4. The zero-order valence-electron chi connectivity index (χ0n) is 11.1. The van der Waals surface area contributed by atoms with Crippen LogP contribution >= 0.6 is 0 Å². The minimum absolute atomic E-state index is 0.239. The summed E-state index contributed by atoms with van der Waals surface area (Å²) in [5.41, 5.74) is 1.20. The fraction of sp³-hybridized carbons (Fsp3) is 0.538. The number of nitrogens with one attached hydrogen (secondary N) is 3. The SMILES string of the molecule is CNC(=O)NC(=O)CCN1CCC[C@H]1c1ccc[nH]1. The van der Waals surface area contributed by atoms with E-state index >= 15 is 0 Å². The number of likely N-dealkylation sites (tertiary alicyclic amines) is 1. The number of nitrogens with zero attached hydrogens (tertiary/aromatic N) is 1. The van der Waals surface area contributed by atoms with Gasteiger partial charge in [-0.1, -0.05) is 0 Å². The van der Waals surface area contributed by atoms with Gasteiger partial charge in [0.25, 0.3) is 0 Å². The third kappa shape index (κ3) is 3.57. The lowest BCUT2D eigenvalue weighted by Crippen LogP contribution is -2.39. The van der Waals surface area contributed by atoms with E-state index in [9.17, 15) is 9.59 Å². The van der Waals surface area contributed by atoms with E-state index in [1.807, 2.05) is 12.3 Å². The number of urea groups is 1. The lowest BCUT2D eigenvalue weighted by atomic mass is 10.1. The van der Waals surface area contributed by atoms with Crippen LogP contribution in [0.5, 0.6) is 0 Å². The van der Waals surface area contributed by atoms with Crippen LogP contribution in [0.4, 0.5) is 4.79 Å². The van der Waals surface area contributed by atoms with E-state index in [4.69, 9.17) is 0 Å². The van der Waals surface area contributed by atoms with Crippen molar-refractivity contribution >= 4 is 11.9 Å². The van der Waals surface area contributed by atoms with E-state index in [-0.39, 0.29) is 5.91 Å². The topological polar surface area (TPSA) is 77.2 Å². The zero-order valence-corrected chi connectivity index (χ0v) is 11.1. The molecule has 1 aromatic rings. The van der Waals surface area contributed by atoms with Crippen LogP contribution in [0.15, 0.2) is 18.3 Å². The number of aromatic nitrogens is 1. The van der Waals surface area contributed by atoms with Crippen LogP contribution in [-0.4, -0.2) is 42.0 Å². The molecule has 1 aliphatic rings. The first kappa shape index (κ1) is 13.6. The largest absolute Gasteiger partial charge is 0.364 e. The Kier molecular flexibility index (Phi) is 4.57. The molecule has 6 heteroatoms. The average molecular weight is 264 g/mol. The van der Waals surface area contributed by atoms with Crippen molar-refractivity contribution in [2.75, 3.05) is 20.1 Å². The van der Waals surface area contributed by atoms with Gasteiger partial charge in [-0.3, -0.25) is 15.0 Å². The van der Waals surface area contributed by atoms with Crippen molar-refractivity contribution in [3.8, 4) is 0 Å². The van der Waals surface area contributed by atoms with Crippen LogP contribution in [-0.2, 0) is 4.79 Å². The molecule has 1 aliphatic heterocycles. The summed E-state index contributed by atoms with van der Waals surface area (Å²) in [4.78, 5) is 28.1. The molecule has 3 amide bonds. The molecule has 0 saturated carbocycles. The first-order chi connectivity index (χ1) is 9.20. The summed E-state index contributed by atoms with van der Waals surface area (Å²) in [6.07, 6.45) is 4.51. The normalized spacial score (nSPS) is 19.3. The third-order valence-electron chi connectivity index (χ3n) is 3.45. The molecule has 0 bridgehead atoms. The molecule has 19 heavy (non-hydrogen) atoms. The standard InChI is InChI=1S/C13H20N4O2/c1-14-13(19)16-12(18)6-9-17-8-3-5-11(17)10-4-2-7-15-10/h2,4,7,11,15H,3,5-6,8-9H2,1H3,(H2,14,16,18,19)/t11-/m0/s1. The fourth-order valence-corrected chi connectivity index (χ4v) is 2.49. The highest BCUT2D eigenvalue weighted by atomic mass is 16.2. The number of aromatic amines is 1. The monoisotopic (exact) mass is 264 g/mol. The van der Waals surface area contributed by atoms with Crippen molar-refractivity contribution < 1.29 is 9.59 Å². The molecule has 2 heterocycles. The summed E-state index contributed by atoms with van der Waals surface area (Å²) in [5.74, 6) is -0.239. The molecular formula is C13H20N4O2. The summed E-state index contributed by atoms with van der Waals surface area (Å²) in [7, 11) is 1.49. The Morgan fingerprint density at radius 3 is 3.05 bits per heavy atom. The molecule has 2 rings (SSSR count). The Balaban J connectivity index is 1.82. The van der Waals surface area contributed by atoms with E-state index in [1.165, 1.54) is 12.7 Å². The maximum atomic E-state index is 11.6. The van der Waals surface area contributed by atoms with Crippen LogP contribution in [0.2, 0.25) is 0 Å². The summed E-state index contributed by atoms with van der Waals surface area (Å²) >= 11 is 0. The fourth-order valence-electron chi connectivity index (χ4n) is 2.49. The quantitative estimate of drug-likeness (QED) is 0.759. The van der Waals surface area contributed by atoms with Gasteiger partial charge in [0, 0.05) is 37.9 Å². The van der Waals surface area contributed by atoms with Crippen LogP contribution < -0.4 is 10.6 Å². The highest BCUT2D eigenvalue weighted by Gasteiger charge is 2.26. The molecule has 1 saturated heterocycles. The first-order valence-electron chi connectivity index (χ1n) is 6.59. The van der Waals surface area contributed by atoms with Crippen molar-refractivity contribution in [1.82, 2.24) is 20.5 Å². The van der Waals surface area contributed by atoms with E-state index in [0.29, 0.717) is 19.0 Å². The molecule has 104 valence electrons. The smallest absolute Gasteiger partial charge is 0.321 e. The number of carbonyl (C=O) groups excluding carboxylic acids is 2. The number of hydrogen-bond acceptors (Lipinski definition) is 3. The molecule has 0 aliphatic carbocycles. The Bertz CT molecular complexity index is 430. The first-order valence-corrected chi connectivity index (χ1v) is 6.59. The summed E-state index contributed by atoms with van der Waals surface area (Å²) in [5, 5.41) is 4.65. The molecule has 1 atom stereocenters.